The molecule has 0 saturated heterocycles. The fourth-order valence-corrected chi connectivity index (χ4v) is 10.2. The minimum Gasteiger partial charge on any atom is -0.368 e. The van der Waals surface area contributed by atoms with Crippen LogP contribution >= 0.6 is 0 Å². The number of aryl methyl sites for hydroxylation is 8. The van der Waals surface area contributed by atoms with Gasteiger partial charge < -0.3 is 40.3 Å². The van der Waals surface area contributed by atoms with E-state index >= 15 is 0 Å². The van der Waals surface area contributed by atoms with Crippen molar-refractivity contribution in [1.29, 1.82) is 0 Å². The van der Waals surface area contributed by atoms with Gasteiger partial charge in [-0.25, -0.2) is 9.97 Å². The van der Waals surface area contributed by atoms with Gasteiger partial charge in [-0.3, -0.25) is 19.2 Å². The third kappa shape index (κ3) is 11.7. The van der Waals surface area contributed by atoms with Gasteiger partial charge in [0.1, 0.15) is 36.3 Å². The predicted octanol–water partition coefficient (Wildman–Crippen LogP) is 9.72. The molecule has 78 heavy (non-hydrogen) atoms. The lowest BCUT2D eigenvalue weighted by atomic mass is 9.93. The van der Waals surface area contributed by atoms with Crippen LogP contribution in [-0.2, 0) is 45.1 Å². The van der Waals surface area contributed by atoms with Gasteiger partial charge in [0.2, 0.25) is 23.6 Å². The third-order valence-electron chi connectivity index (χ3n) is 13.8. The standard InChI is InChI=1S/2C31H31N5O3/c1-18-10-12-24(19(2)14-18)30(23-8-6-5-7-9-23)34-28(38)16-22-11-13-26-25(15-22)33-31(36(26)17-27(32)37)29-20(3)35-39-21(29)4;1-18-10-12-24(19(2)14-18)30(23-8-6-5-7-9-23)34-28(38)16-22-11-13-25-26(15-22)36(17-27(32)37)31(33-25)29-20(3)35-39-21(29)4/h2*5-15,30H,16-17H2,1-4H3,(H2,32,37)(H,34,38). The summed E-state index contributed by atoms with van der Waals surface area (Å²) in [4.78, 5) is 60.2. The van der Waals surface area contributed by atoms with Crippen molar-refractivity contribution in [1.82, 2.24) is 40.0 Å². The molecule has 0 aliphatic rings. The van der Waals surface area contributed by atoms with Crippen LogP contribution in [-0.4, -0.2) is 53.0 Å². The maximum atomic E-state index is 13.4. The molecule has 10 rings (SSSR count). The van der Waals surface area contributed by atoms with E-state index in [0.29, 0.717) is 51.1 Å². The van der Waals surface area contributed by atoms with Crippen molar-refractivity contribution >= 4 is 45.7 Å². The molecule has 16 heteroatoms. The number of carbonyl (C=O) groups is 4. The highest BCUT2D eigenvalue weighted by Gasteiger charge is 2.25. The first kappa shape index (κ1) is 53.4. The zero-order valence-electron chi connectivity index (χ0n) is 45.0. The summed E-state index contributed by atoms with van der Waals surface area (Å²) >= 11 is 0. The molecule has 6 aromatic carbocycles. The van der Waals surface area contributed by atoms with Gasteiger partial charge in [-0.05, 0) is 124 Å². The highest BCUT2D eigenvalue weighted by atomic mass is 16.5. The molecule has 0 saturated carbocycles. The quantitative estimate of drug-likeness (QED) is 0.0715. The summed E-state index contributed by atoms with van der Waals surface area (Å²) in [5.74, 6) is 1.12. The van der Waals surface area contributed by atoms with Crippen LogP contribution < -0.4 is 22.1 Å². The third-order valence-corrected chi connectivity index (χ3v) is 13.8. The number of primary amides is 2. The summed E-state index contributed by atoms with van der Waals surface area (Å²) in [6.45, 7) is 15.4. The zero-order chi connectivity index (χ0) is 55.4. The first-order valence-corrected chi connectivity index (χ1v) is 25.7. The van der Waals surface area contributed by atoms with E-state index in [0.717, 1.165) is 61.2 Å². The molecule has 0 fully saturated rings. The van der Waals surface area contributed by atoms with Crippen LogP contribution in [0.5, 0.6) is 0 Å². The Kier molecular flexibility index (Phi) is 15.6. The molecule has 0 radical (unpaired) electrons. The van der Waals surface area contributed by atoms with Gasteiger partial charge in [0.25, 0.3) is 0 Å². The number of hydrogen-bond acceptors (Lipinski definition) is 10. The van der Waals surface area contributed by atoms with E-state index in [4.69, 9.17) is 30.5 Å². The van der Waals surface area contributed by atoms with Gasteiger partial charge in [-0.2, -0.15) is 0 Å². The lowest BCUT2D eigenvalue weighted by Crippen LogP contribution is -2.31. The lowest BCUT2D eigenvalue weighted by molar-refractivity contribution is -0.121. The van der Waals surface area contributed by atoms with Gasteiger partial charge in [0.15, 0.2) is 0 Å². The Bertz CT molecular complexity index is 3790. The van der Waals surface area contributed by atoms with Crippen LogP contribution in [0.3, 0.4) is 0 Å². The maximum absolute atomic E-state index is 13.4. The van der Waals surface area contributed by atoms with E-state index in [-0.39, 0.29) is 49.8 Å². The van der Waals surface area contributed by atoms with E-state index < -0.39 is 11.8 Å². The summed E-state index contributed by atoms with van der Waals surface area (Å²) in [7, 11) is 0. The number of imidazole rings is 2. The van der Waals surface area contributed by atoms with E-state index in [1.54, 1.807) is 23.0 Å². The molecule has 6 N–H and O–H groups in total. The molecule has 396 valence electrons. The van der Waals surface area contributed by atoms with Gasteiger partial charge in [-0.15, -0.1) is 0 Å². The van der Waals surface area contributed by atoms with Crippen molar-refractivity contribution in [3.63, 3.8) is 0 Å². The molecular formula is C62H62N10O6. The van der Waals surface area contributed by atoms with E-state index in [2.05, 4.69) is 85.0 Å². The van der Waals surface area contributed by atoms with Crippen LogP contribution in [0.4, 0.5) is 0 Å². The molecule has 10 aromatic rings. The molecule has 0 bridgehead atoms. The molecule has 0 spiro atoms. The predicted molar refractivity (Wildman–Crippen MR) is 300 cm³/mol. The number of amides is 4. The summed E-state index contributed by atoms with van der Waals surface area (Å²) < 4.78 is 14.2. The number of benzene rings is 6. The van der Waals surface area contributed by atoms with Crippen molar-refractivity contribution in [2.24, 2.45) is 11.5 Å². The number of nitrogens with one attached hydrogen (secondary N) is 2. The number of nitrogens with zero attached hydrogens (tertiary/aromatic N) is 6. The molecule has 0 aliphatic heterocycles. The minimum absolute atomic E-state index is 0.0373. The van der Waals surface area contributed by atoms with Crippen molar-refractivity contribution in [3.8, 4) is 22.8 Å². The van der Waals surface area contributed by atoms with Crippen LogP contribution in [0.2, 0.25) is 0 Å². The number of carbonyl (C=O) groups excluding carboxylic acids is 4. The number of aromatic nitrogens is 6. The lowest BCUT2D eigenvalue weighted by Gasteiger charge is -2.22. The second kappa shape index (κ2) is 22.8. The molecule has 16 nitrogen and oxygen atoms in total. The fourth-order valence-electron chi connectivity index (χ4n) is 10.2. The van der Waals surface area contributed by atoms with Crippen molar-refractivity contribution in [2.45, 2.75) is 93.4 Å². The molecular weight excluding hydrogens is 981 g/mol. The fraction of sp³-hybridized carbons (Fsp3) is 0.226. The van der Waals surface area contributed by atoms with Crippen molar-refractivity contribution in [2.75, 3.05) is 0 Å². The summed E-state index contributed by atoms with van der Waals surface area (Å²) in [5.41, 5.74) is 27.1. The Labute approximate surface area is 451 Å². The van der Waals surface area contributed by atoms with Crippen molar-refractivity contribution < 1.29 is 28.2 Å². The Morgan fingerprint density at radius 2 is 0.936 bits per heavy atom. The zero-order valence-corrected chi connectivity index (χ0v) is 45.0. The van der Waals surface area contributed by atoms with Gasteiger partial charge >= 0.3 is 0 Å². The highest BCUT2D eigenvalue weighted by molar-refractivity contribution is 5.88. The molecule has 0 aliphatic carbocycles. The van der Waals surface area contributed by atoms with Crippen LogP contribution in [0.1, 0.15) is 90.6 Å². The number of hydrogen-bond donors (Lipinski definition) is 4. The summed E-state index contributed by atoms with van der Waals surface area (Å²) in [6.07, 6.45) is 0.333. The Morgan fingerprint density at radius 3 is 1.37 bits per heavy atom. The van der Waals surface area contributed by atoms with E-state index in [1.807, 2.05) is 111 Å². The Hall–Kier alpha value is -9.44. The largest absolute Gasteiger partial charge is 0.368 e. The molecule has 4 heterocycles. The molecule has 4 amide bonds. The number of nitrogens with two attached hydrogens (primary N) is 2. The van der Waals surface area contributed by atoms with Gasteiger partial charge in [0.05, 0.1) is 69.5 Å². The minimum atomic E-state index is -0.496. The monoisotopic (exact) mass is 1040 g/mol. The summed E-state index contributed by atoms with van der Waals surface area (Å²) in [6, 6.07) is 43.2. The average molecular weight is 1040 g/mol. The highest BCUT2D eigenvalue weighted by Crippen LogP contribution is 2.33. The second-order valence-electron chi connectivity index (χ2n) is 19.9. The number of fused-ring (bicyclic) bond motifs is 2. The topological polar surface area (TPSA) is 232 Å². The number of rotatable bonds is 16. The van der Waals surface area contributed by atoms with E-state index in [1.165, 1.54) is 11.1 Å². The van der Waals surface area contributed by atoms with Gasteiger partial charge in [0, 0.05) is 0 Å². The Balaban J connectivity index is 0.000000190. The molecule has 2 atom stereocenters. The maximum Gasteiger partial charge on any atom is 0.237 e. The van der Waals surface area contributed by atoms with Crippen molar-refractivity contribution in [3.05, 3.63) is 212 Å². The second-order valence-corrected chi connectivity index (χ2v) is 19.9. The van der Waals surface area contributed by atoms with Crippen LogP contribution in [0.25, 0.3) is 44.8 Å². The molecule has 2 unspecified atom stereocenters. The first-order valence-electron chi connectivity index (χ1n) is 25.7. The normalized spacial score (nSPS) is 12.0. The average Bonchev–Trinajstić information content (AvgIpc) is 4.19. The van der Waals surface area contributed by atoms with E-state index in [9.17, 15) is 19.2 Å². The summed E-state index contributed by atoms with van der Waals surface area (Å²) in [5, 5.41) is 14.5. The first-order chi connectivity index (χ1) is 37.4. The molecule has 4 aromatic heterocycles. The van der Waals surface area contributed by atoms with Crippen LogP contribution in [0, 0.1) is 55.4 Å². The van der Waals surface area contributed by atoms with Gasteiger partial charge in [-0.1, -0.05) is 131 Å². The smallest absolute Gasteiger partial charge is 0.237 e. The Morgan fingerprint density at radius 1 is 0.500 bits per heavy atom. The SMILES string of the molecule is Cc1ccc(C(NC(=O)Cc2ccc3c(c2)nc(-c2c(C)noc2C)n3CC(N)=O)c2ccccc2)c(C)c1.Cc1ccc(C(NC(=O)Cc2ccc3nc(-c4c(C)noc4C)n(CC(N)=O)c3c2)c2ccccc2)c(C)c1. The van der Waals surface area contributed by atoms with Crippen LogP contribution in [0.15, 0.2) is 143 Å².